The first-order chi connectivity index (χ1) is 18.2. The molecule has 192 valence electrons. The Morgan fingerprint density at radius 3 is 2.51 bits per heavy atom. The lowest BCUT2D eigenvalue weighted by Gasteiger charge is -2.18. The summed E-state index contributed by atoms with van der Waals surface area (Å²) in [5.41, 5.74) is 5.44. The van der Waals surface area contributed by atoms with Gasteiger partial charge in [0.15, 0.2) is 5.78 Å². The number of unbranched alkanes of at least 4 members (excludes halogenated alkanes) is 1. The van der Waals surface area contributed by atoms with Crippen molar-refractivity contribution in [3.8, 4) is 5.75 Å². The number of carbonyl (C=O) groups excluding carboxylic acids is 1. The molecule has 6 nitrogen and oxygen atoms in total. The number of ketones is 1. The Bertz CT molecular complexity index is 1200. The number of hydrogen-bond donors (Lipinski definition) is 1. The largest absolute Gasteiger partial charge is 0.488 e. The van der Waals surface area contributed by atoms with Crippen LogP contribution in [0.5, 0.6) is 5.75 Å². The Labute approximate surface area is 219 Å². The SMILES string of the molecule is O=C1CC(COc2ccc(Cc3ccccc3)cc2)=Nc2c1ccnc2CNCCCCN1CCCC1. The first kappa shape index (κ1) is 25.3. The number of ether oxygens (including phenoxy) is 1. The van der Waals surface area contributed by atoms with E-state index >= 15 is 0 Å². The second-order valence-electron chi connectivity index (χ2n) is 9.96. The van der Waals surface area contributed by atoms with Gasteiger partial charge in [0.05, 0.1) is 23.5 Å². The minimum atomic E-state index is 0.0797. The number of likely N-dealkylation sites (tertiary alicyclic amines) is 1. The van der Waals surface area contributed by atoms with E-state index in [0.717, 1.165) is 36.5 Å². The standard InChI is InChI=1S/C31H36N4O2/c36-30-21-26(23-37-27-12-10-25(11-13-27)20-24-8-2-1-3-9-24)34-31-28(30)14-16-33-29(31)22-32-15-4-5-17-35-18-6-7-19-35/h1-3,8-14,16,32H,4-7,15,17-23H2. The van der Waals surface area contributed by atoms with Crippen LogP contribution in [0.25, 0.3) is 0 Å². The average molecular weight is 497 g/mol. The van der Waals surface area contributed by atoms with E-state index in [-0.39, 0.29) is 12.2 Å². The van der Waals surface area contributed by atoms with Gasteiger partial charge < -0.3 is 15.0 Å². The van der Waals surface area contributed by atoms with E-state index < -0.39 is 0 Å². The van der Waals surface area contributed by atoms with E-state index in [9.17, 15) is 4.79 Å². The van der Waals surface area contributed by atoms with Crippen molar-refractivity contribution in [2.45, 2.75) is 45.1 Å². The molecular weight excluding hydrogens is 460 g/mol. The molecule has 0 aliphatic carbocycles. The van der Waals surface area contributed by atoms with Gasteiger partial charge >= 0.3 is 0 Å². The molecule has 1 N–H and O–H groups in total. The van der Waals surface area contributed by atoms with Gasteiger partial charge in [-0.15, -0.1) is 0 Å². The molecule has 0 saturated carbocycles. The Hall–Kier alpha value is -3.35. The van der Waals surface area contributed by atoms with E-state index in [0.29, 0.717) is 24.4 Å². The predicted molar refractivity (Wildman–Crippen MR) is 148 cm³/mol. The molecule has 6 heteroatoms. The summed E-state index contributed by atoms with van der Waals surface area (Å²) in [7, 11) is 0. The van der Waals surface area contributed by atoms with Gasteiger partial charge in [0.1, 0.15) is 12.4 Å². The number of rotatable bonds is 12. The summed E-state index contributed by atoms with van der Waals surface area (Å²) >= 11 is 0. The fraction of sp³-hybridized carbons (Fsp3) is 0.387. The normalized spacial score (nSPS) is 15.5. The number of benzene rings is 2. The highest BCUT2D eigenvalue weighted by Crippen LogP contribution is 2.29. The van der Waals surface area contributed by atoms with Gasteiger partial charge in [-0.25, -0.2) is 0 Å². The summed E-state index contributed by atoms with van der Waals surface area (Å²) in [6, 6.07) is 20.3. The molecule has 1 aromatic heterocycles. The third-order valence-corrected chi connectivity index (χ3v) is 7.08. The molecule has 37 heavy (non-hydrogen) atoms. The zero-order valence-electron chi connectivity index (χ0n) is 21.5. The summed E-state index contributed by atoms with van der Waals surface area (Å²) in [6.07, 6.45) is 7.92. The van der Waals surface area contributed by atoms with Gasteiger partial charge in [0, 0.05) is 18.3 Å². The highest BCUT2D eigenvalue weighted by Gasteiger charge is 2.23. The number of nitrogens with one attached hydrogen (secondary N) is 1. The number of Topliss-reactive ketones (excluding diaryl/α,β-unsaturated/α-hetero) is 1. The van der Waals surface area contributed by atoms with Crippen LogP contribution in [-0.2, 0) is 13.0 Å². The fourth-order valence-electron chi connectivity index (χ4n) is 5.04. The zero-order chi connectivity index (χ0) is 25.3. The molecule has 1 saturated heterocycles. The topological polar surface area (TPSA) is 66.8 Å². The smallest absolute Gasteiger partial charge is 0.170 e. The predicted octanol–water partition coefficient (Wildman–Crippen LogP) is 5.38. The van der Waals surface area contributed by atoms with Crippen LogP contribution in [0.4, 0.5) is 5.69 Å². The van der Waals surface area contributed by atoms with E-state index in [1.54, 1.807) is 12.3 Å². The van der Waals surface area contributed by atoms with Crippen molar-refractivity contribution in [1.29, 1.82) is 0 Å². The molecule has 0 unspecified atom stereocenters. The van der Waals surface area contributed by atoms with Crippen LogP contribution in [0.2, 0.25) is 0 Å². The van der Waals surface area contributed by atoms with Gasteiger partial charge in [-0.1, -0.05) is 42.5 Å². The van der Waals surface area contributed by atoms with Crippen molar-refractivity contribution in [2.75, 3.05) is 32.8 Å². The molecule has 0 spiro atoms. The first-order valence-electron chi connectivity index (χ1n) is 13.5. The van der Waals surface area contributed by atoms with E-state index in [4.69, 9.17) is 9.73 Å². The average Bonchev–Trinajstić information content (AvgIpc) is 3.45. The molecule has 0 radical (unpaired) electrons. The van der Waals surface area contributed by atoms with Crippen molar-refractivity contribution in [3.05, 3.63) is 89.2 Å². The highest BCUT2D eigenvalue weighted by molar-refractivity contribution is 6.16. The van der Waals surface area contributed by atoms with Crippen LogP contribution in [-0.4, -0.2) is 54.2 Å². The highest BCUT2D eigenvalue weighted by atomic mass is 16.5. The summed E-state index contributed by atoms with van der Waals surface area (Å²) in [5.74, 6) is 0.857. The maximum atomic E-state index is 12.8. The molecule has 3 heterocycles. The molecule has 0 amide bonds. The van der Waals surface area contributed by atoms with Crippen molar-refractivity contribution in [3.63, 3.8) is 0 Å². The zero-order valence-corrected chi connectivity index (χ0v) is 21.5. The molecule has 1 fully saturated rings. The second-order valence-corrected chi connectivity index (χ2v) is 9.96. The third kappa shape index (κ3) is 7.12. The molecule has 0 bridgehead atoms. The minimum Gasteiger partial charge on any atom is -0.488 e. The Kier molecular flexibility index (Phi) is 8.72. The number of aromatic nitrogens is 1. The van der Waals surface area contributed by atoms with E-state index in [1.165, 1.54) is 50.0 Å². The number of nitrogens with zero attached hydrogens (tertiary/aromatic N) is 3. The number of hydrogen-bond acceptors (Lipinski definition) is 6. The maximum Gasteiger partial charge on any atom is 0.170 e. The van der Waals surface area contributed by atoms with E-state index in [1.807, 2.05) is 18.2 Å². The number of fused-ring (bicyclic) bond motifs is 1. The lowest BCUT2D eigenvalue weighted by atomic mass is 10.00. The maximum absolute atomic E-state index is 12.8. The van der Waals surface area contributed by atoms with Crippen molar-refractivity contribution in [1.82, 2.24) is 15.2 Å². The monoisotopic (exact) mass is 496 g/mol. The first-order valence-corrected chi connectivity index (χ1v) is 13.5. The van der Waals surface area contributed by atoms with Gasteiger partial charge in [-0.05, 0) is 87.6 Å². The van der Waals surface area contributed by atoms with Gasteiger partial charge in [-0.3, -0.25) is 14.8 Å². The summed E-state index contributed by atoms with van der Waals surface area (Å²) in [6.45, 7) is 5.55. The van der Waals surface area contributed by atoms with Crippen LogP contribution in [0.15, 0.2) is 71.9 Å². The summed E-state index contributed by atoms with van der Waals surface area (Å²) in [4.78, 5) is 24.7. The molecule has 0 atom stereocenters. The molecule has 3 aromatic rings. The number of pyridine rings is 1. The second kappa shape index (κ2) is 12.7. The Morgan fingerprint density at radius 2 is 1.70 bits per heavy atom. The minimum absolute atomic E-state index is 0.0797. The molecule has 5 rings (SSSR count). The van der Waals surface area contributed by atoms with Crippen LogP contribution >= 0.6 is 0 Å². The van der Waals surface area contributed by atoms with Gasteiger partial charge in [-0.2, -0.15) is 0 Å². The Balaban J connectivity index is 1.13. The van der Waals surface area contributed by atoms with Crippen molar-refractivity contribution >= 4 is 17.2 Å². The third-order valence-electron chi connectivity index (χ3n) is 7.08. The van der Waals surface area contributed by atoms with Gasteiger partial charge in [0.2, 0.25) is 0 Å². The molecular formula is C31H36N4O2. The molecule has 2 aromatic carbocycles. The summed E-state index contributed by atoms with van der Waals surface area (Å²) < 4.78 is 6.00. The fourth-order valence-corrected chi connectivity index (χ4v) is 5.04. The Morgan fingerprint density at radius 1 is 0.919 bits per heavy atom. The van der Waals surface area contributed by atoms with Crippen LogP contribution < -0.4 is 10.1 Å². The van der Waals surface area contributed by atoms with Crippen molar-refractivity contribution in [2.24, 2.45) is 4.99 Å². The molecule has 2 aliphatic rings. The lowest BCUT2D eigenvalue weighted by Crippen LogP contribution is -2.23. The van der Waals surface area contributed by atoms with Crippen LogP contribution in [0, 0.1) is 0 Å². The van der Waals surface area contributed by atoms with E-state index in [2.05, 4.69) is 51.6 Å². The van der Waals surface area contributed by atoms with Crippen molar-refractivity contribution < 1.29 is 9.53 Å². The van der Waals surface area contributed by atoms with Gasteiger partial charge in [0.25, 0.3) is 0 Å². The lowest BCUT2D eigenvalue weighted by molar-refractivity contribution is 0.0998. The molecule has 2 aliphatic heterocycles. The van der Waals surface area contributed by atoms with Crippen LogP contribution in [0.3, 0.4) is 0 Å². The number of aliphatic imine (C=N–C) groups is 1. The number of carbonyl (C=O) groups is 1. The van der Waals surface area contributed by atoms with Crippen LogP contribution in [0.1, 0.15) is 59.3 Å². The summed E-state index contributed by atoms with van der Waals surface area (Å²) in [5, 5.41) is 3.49. The quantitative estimate of drug-likeness (QED) is 0.341.